The largest absolute Gasteiger partial charge is 0.310 e. The van der Waals surface area contributed by atoms with Crippen molar-refractivity contribution in [2.24, 2.45) is 0 Å². The number of hydrogen-bond acceptors (Lipinski definition) is 2. The molecule has 0 saturated carbocycles. The third kappa shape index (κ3) is 4.69. The van der Waals surface area contributed by atoms with Gasteiger partial charge in [-0.1, -0.05) is 50.3 Å². The number of hydrogen-bond donors (Lipinski definition) is 1. The lowest BCUT2D eigenvalue weighted by molar-refractivity contribution is 0.483. The minimum atomic E-state index is 0.538. The summed E-state index contributed by atoms with van der Waals surface area (Å²) >= 11 is 6.23. The average Bonchev–Trinajstić information content (AvgIpc) is 2.51. The number of fused-ring (bicyclic) bond motifs is 1. The molecule has 0 bridgehead atoms. The van der Waals surface area contributed by atoms with Crippen LogP contribution in [0.15, 0.2) is 30.5 Å². The van der Waals surface area contributed by atoms with Crippen molar-refractivity contribution >= 4 is 22.5 Å². The van der Waals surface area contributed by atoms with Gasteiger partial charge in [0.05, 0.1) is 5.52 Å². The second-order valence-electron chi connectivity index (χ2n) is 5.74. The lowest BCUT2D eigenvalue weighted by atomic mass is 10.1. The fourth-order valence-electron chi connectivity index (χ4n) is 2.60. The second kappa shape index (κ2) is 8.35. The molecule has 21 heavy (non-hydrogen) atoms. The van der Waals surface area contributed by atoms with Gasteiger partial charge in [0.1, 0.15) is 0 Å². The highest BCUT2D eigenvalue weighted by Crippen LogP contribution is 2.24. The Morgan fingerprint density at radius 1 is 1.19 bits per heavy atom. The van der Waals surface area contributed by atoms with Crippen LogP contribution in [0.2, 0.25) is 5.02 Å². The summed E-state index contributed by atoms with van der Waals surface area (Å²) in [7, 11) is 0. The van der Waals surface area contributed by atoms with Crippen LogP contribution in [0.5, 0.6) is 0 Å². The van der Waals surface area contributed by atoms with E-state index < -0.39 is 0 Å². The minimum absolute atomic E-state index is 0.538. The predicted octanol–water partition coefficient (Wildman–Crippen LogP) is 5.34. The van der Waals surface area contributed by atoms with Gasteiger partial charge in [-0.15, -0.1) is 0 Å². The van der Waals surface area contributed by atoms with Gasteiger partial charge in [-0.05, 0) is 37.1 Å². The summed E-state index contributed by atoms with van der Waals surface area (Å²) in [6.07, 6.45) is 8.35. The van der Waals surface area contributed by atoms with E-state index in [0.29, 0.717) is 6.04 Å². The Labute approximate surface area is 132 Å². The highest BCUT2D eigenvalue weighted by atomic mass is 35.5. The standard InChI is InChI=1S/C18H25ClN2/c1-3-4-5-6-8-14(2)21-13-15-10-11-17(19)16-9-7-12-20-18(15)16/h7,9-12,14,21H,3-6,8,13H2,1-2H3. The van der Waals surface area contributed by atoms with E-state index in [0.717, 1.165) is 22.5 Å². The lowest BCUT2D eigenvalue weighted by Crippen LogP contribution is -2.25. The number of aromatic nitrogens is 1. The number of nitrogens with one attached hydrogen (secondary N) is 1. The monoisotopic (exact) mass is 304 g/mol. The third-order valence-electron chi connectivity index (χ3n) is 3.93. The van der Waals surface area contributed by atoms with Gasteiger partial charge in [0.15, 0.2) is 0 Å². The molecule has 1 heterocycles. The molecule has 0 amide bonds. The molecule has 2 aromatic rings. The summed E-state index contributed by atoms with van der Waals surface area (Å²) in [5, 5.41) is 5.41. The van der Waals surface area contributed by atoms with Crippen molar-refractivity contribution in [3.05, 3.63) is 41.0 Å². The van der Waals surface area contributed by atoms with Gasteiger partial charge in [-0.3, -0.25) is 4.98 Å². The second-order valence-corrected chi connectivity index (χ2v) is 6.14. The SMILES string of the molecule is CCCCCCC(C)NCc1ccc(Cl)c2cccnc12. The van der Waals surface area contributed by atoms with Crippen molar-refractivity contribution in [3.63, 3.8) is 0 Å². The van der Waals surface area contributed by atoms with Crippen LogP contribution in [0.3, 0.4) is 0 Å². The highest BCUT2D eigenvalue weighted by molar-refractivity contribution is 6.35. The zero-order valence-corrected chi connectivity index (χ0v) is 13.8. The minimum Gasteiger partial charge on any atom is -0.310 e. The van der Waals surface area contributed by atoms with Crippen LogP contribution < -0.4 is 5.32 Å². The molecule has 3 heteroatoms. The van der Waals surface area contributed by atoms with E-state index in [1.165, 1.54) is 37.7 Å². The lowest BCUT2D eigenvalue weighted by Gasteiger charge is -2.15. The van der Waals surface area contributed by atoms with E-state index in [1.54, 1.807) is 0 Å². The van der Waals surface area contributed by atoms with Gasteiger partial charge in [-0.25, -0.2) is 0 Å². The Hall–Kier alpha value is -1.12. The van der Waals surface area contributed by atoms with Crippen LogP contribution in [0, 0.1) is 0 Å². The number of pyridine rings is 1. The van der Waals surface area contributed by atoms with Gasteiger partial charge in [0, 0.05) is 29.2 Å². The van der Waals surface area contributed by atoms with Gasteiger partial charge < -0.3 is 5.32 Å². The Balaban J connectivity index is 1.93. The first kappa shape index (κ1) is 16.3. The van der Waals surface area contributed by atoms with Crippen LogP contribution in [0.4, 0.5) is 0 Å². The fraction of sp³-hybridized carbons (Fsp3) is 0.500. The Bertz CT molecular complexity index is 568. The first-order valence-electron chi connectivity index (χ1n) is 7.98. The molecule has 114 valence electrons. The summed E-state index contributed by atoms with van der Waals surface area (Å²) in [4.78, 5) is 4.48. The van der Waals surface area contributed by atoms with Gasteiger partial charge in [-0.2, -0.15) is 0 Å². The number of rotatable bonds is 8. The summed E-state index contributed by atoms with van der Waals surface area (Å²) in [5.74, 6) is 0. The van der Waals surface area contributed by atoms with Crippen LogP contribution in [-0.2, 0) is 6.54 Å². The maximum atomic E-state index is 6.23. The van der Waals surface area contributed by atoms with Crippen molar-refractivity contribution in [1.82, 2.24) is 10.3 Å². The predicted molar refractivity (Wildman–Crippen MR) is 91.8 cm³/mol. The maximum absolute atomic E-state index is 6.23. The van der Waals surface area contributed by atoms with Crippen molar-refractivity contribution in [3.8, 4) is 0 Å². The molecule has 0 spiro atoms. The van der Waals surface area contributed by atoms with E-state index in [-0.39, 0.29) is 0 Å². The first-order valence-corrected chi connectivity index (χ1v) is 8.35. The summed E-state index contributed by atoms with van der Waals surface area (Å²) in [6.45, 7) is 5.36. The quantitative estimate of drug-likeness (QED) is 0.666. The number of halogens is 1. The highest BCUT2D eigenvalue weighted by Gasteiger charge is 2.07. The zero-order chi connectivity index (χ0) is 15.1. The van der Waals surface area contributed by atoms with E-state index >= 15 is 0 Å². The fourth-order valence-corrected chi connectivity index (χ4v) is 2.82. The van der Waals surface area contributed by atoms with E-state index in [9.17, 15) is 0 Å². The third-order valence-corrected chi connectivity index (χ3v) is 4.26. The van der Waals surface area contributed by atoms with Crippen LogP contribution in [-0.4, -0.2) is 11.0 Å². The van der Waals surface area contributed by atoms with Crippen molar-refractivity contribution < 1.29 is 0 Å². The first-order chi connectivity index (χ1) is 10.2. The smallest absolute Gasteiger partial charge is 0.0761 e. The molecule has 1 aromatic heterocycles. The molecule has 1 aromatic carbocycles. The molecule has 0 aliphatic rings. The molecule has 0 fully saturated rings. The molecule has 0 saturated heterocycles. The maximum Gasteiger partial charge on any atom is 0.0761 e. The summed E-state index contributed by atoms with van der Waals surface area (Å²) in [6, 6.07) is 8.55. The molecular weight excluding hydrogens is 280 g/mol. The molecule has 1 N–H and O–H groups in total. The molecule has 2 nitrogen and oxygen atoms in total. The van der Waals surface area contributed by atoms with Gasteiger partial charge in [0.2, 0.25) is 0 Å². The van der Waals surface area contributed by atoms with E-state index in [4.69, 9.17) is 11.6 Å². The van der Waals surface area contributed by atoms with E-state index in [2.05, 4.69) is 30.2 Å². The Kier molecular flexibility index (Phi) is 6.47. The Morgan fingerprint density at radius 2 is 2.05 bits per heavy atom. The normalized spacial score (nSPS) is 12.7. The Morgan fingerprint density at radius 3 is 2.86 bits per heavy atom. The molecule has 2 rings (SSSR count). The molecule has 0 aliphatic carbocycles. The summed E-state index contributed by atoms with van der Waals surface area (Å²) < 4.78 is 0. The van der Waals surface area contributed by atoms with Crippen molar-refractivity contribution in [2.45, 2.75) is 58.5 Å². The summed E-state index contributed by atoms with van der Waals surface area (Å²) in [5.41, 5.74) is 2.23. The number of unbranched alkanes of at least 4 members (excludes halogenated alkanes) is 3. The molecular formula is C18H25ClN2. The average molecular weight is 305 g/mol. The van der Waals surface area contributed by atoms with Gasteiger partial charge >= 0.3 is 0 Å². The molecule has 1 unspecified atom stereocenters. The van der Waals surface area contributed by atoms with Gasteiger partial charge in [0.25, 0.3) is 0 Å². The van der Waals surface area contributed by atoms with Crippen LogP contribution in [0.1, 0.15) is 51.5 Å². The number of benzene rings is 1. The molecule has 0 aliphatic heterocycles. The van der Waals surface area contributed by atoms with Crippen molar-refractivity contribution in [2.75, 3.05) is 0 Å². The molecule has 1 atom stereocenters. The van der Waals surface area contributed by atoms with Crippen LogP contribution >= 0.6 is 11.6 Å². The zero-order valence-electron chi connectivity index (χ0n) is 13.0. The van der Waals surface area contributed by atoms with Crippen LogP contribution in [0.25, 0.3) is 10.9 Å². The topological polar surface area (TPSA) is 24.9 Å². The number of nitrogens with zero attached hydrogens (tertiary/aromatic N) is 1. The molecule has 0 radical (unpaired) electrons. The van der Waals surface area contributed by atoms with E-state index in [1.807, 2.05) is 24.4 Å². The van der Waals surface area contributed by atoms with Crippen molar-refractivity contribution in [1.29, 1.82) is 0 Å².